The molecular formula is C17H19NO2. The summed E-state index contributed by atoms with van der Waals surface area (Å²) < 4.78 is 11.5. The average Bonchev–Trinajstić information content (AvgIpc) is 2.50. The topological polar surface area (TPSA) is 30.5 Å². The highest BCUT2D eigenvalue weighted by atomic mass is 16.5. The standard InChI is InChI=1S/C17H19NO2/c1-13-11-18-17(12-19-13)14-7-9-16(10-8-14)20-15-5-3-2-4-6-15/h2-10,13,17-18H,11-12H2,1H3. The molecule has 1 N–H and O–H groups in total. The quantitative estimate of drug-likeness (QED) is 0.924. The third kappa shape index (κ3) is 3.18. The van der Waals surface area contributed by atoms with Crippen molar-refractivity contribution in [2.24, 2.45) is 0 Å². The van der Waals surface area contributed by atoms with Crippen LogP contribution in [0.1, 0.15) is 18.5 Å². The molecule has 0 bridgehead atoms. The lowest BCUT2D eigenvalue weighted by atomic mass is 10.1. The van der Waals surface area contributed by atoms with Gasteiger partial charge in [-0.3, -0.25) is 0 Å². The Hall–Kier alpha value is -1.84. The maximum Gasteiger partial charge on any atom is 0.127 e. The van der Waals surface area contributed by atoms with Gasteiger partial charge in [0.05, 0.1) is 18.8 Å². The molecule has 1 aliphatic rings. The Balaban J connectivity index is 1.65. The first-order valence-corrected chi connectivity index (χ1v) is 6.99. The van der Waals surface area contributed by atoms with Gasteiger partial charge in [-0.1, -0.05) is 30.3 Å². The number of hydrogen-bond donors (Lipinski definition) is 1. The van der Waals surface area contributed by atoms with E-state index in [0.29, 0.717) is 6.10 Å². The Morgan fingerprint density at radius 1 is 1.00 bits per heavy atom. The Kier molecular flexibility index (Phi) is 4.00. The predicted molar refractivity (Wildman–Crippen MR) is 79.1 cm³/mol. The van der Waals surface area contributed by atoms with Gasteiger partial charge in [0.2, 0.25) is 0 Å². The van der Waals surface area contributed by atoms with E-state index in [1.165, 1.54) is 5.56 Å². The third-order valence-electron chi connectivity index (χ3n) is 3.46. The third-order valence-corrected chi connectivity index (χ3v) is 3.46. The summed E-state index contributed by atoms with van der Waals surface area (Å²) in [6, 6.07) is 18.3. The van der Waals surface area contributed by atoms with Crippen LogP contribution in [0.15, 0.2) is 54.6 Å². The maximum atomic E-state index is 5.79. The van der Waals surface area contributed by atoms with Crippen LogP contribution in [-0.4, -0.2) is 19.3 Å². The Morgan fingerprint density at radius 3 is 2.35 bits per heavy atom. The van der Waals surface area contributed by atoms with Gasteiger partial charge in [-0.25, -0.2) is 0 Å². The normalized spacial score (nSPS) is 22.4. The van der Waals surface area contributed by atoms with Gasteiger partial charge in [0, 0.05) is 6.54 Å². The van der Waals surface area contributed by atoms with Crippen LogP contribution < -0.4 is 10.1 Å². The van der Waals surface area contributed by atoms with Crippen molar-refractivity contribution < 1.29 is 9.47 Å². The zero-order valence-electron chi connectivity index (χ0n) is 11.6. The minimum absolute atomic E-state index is 0.275. The highest BCUT2D eigenvalue weighted by molar-refractivity contribution is 5.34. The van der Waals surface area contributed by atoms with Crippen molar-refractivity contribution in [3.05, 3.63) is 60.2 Å². The highest BCUT2D eigenvalue weighted by Gasteiger charge is 2.19. The minimum atomic E-state index is 0.275. The van der Waals surface area contributed by atoms with Crippen molar-refractivity contribution in [3.8, 4) is 11.5 Å². The van der Waals surface area contributed by atoms with Crippen molar-refractivity contribution in [2.45, 2.75) is 19.1 Å². The number of morpholine rings is 1. The molecule has 2 atom stereocenters. The van der Waals surface area contributed by atoms with Crippen molar-refractivity contribution in [1.82, 2.24) is 5.32 Å². The molecule has 1 fully saturated rings. The van der Waals surface area contributed by atoms with E-state index < -0.39 is 0 Å². The minimum Gasteiger partial charge on any atom is -0.457 e. The number of rotatable bonds is 3. The van der Waals surface area contributed by atoms with E-state index in [9.17, 15) is 0 Å². The molecule has 0 spiro atoms. The van der Waals surface area contributed by atoms with Crippen LogP contribution in [-0.2, 0) is 4.74 Å². The molecule has 2 unspecified atom stereocenters. The molecule has 2 aromatic carbocycles. The van der Waals surface area contributed by atoms with Crippen LogP contribution >= 0.6 is 0 Å². The van der Waals surface area contributed by atoms with Gasteiger partial charge in [-0.05, 0) is 36.8 Å². The maximum absolute atomic E-state index is 5.79. The lowest BCUT2D eigenvalue weighted by Crippen LogP contribution is -2.39. The largest absolute Gasteiger partial charge is 0.457 e. The van der Waals surface area contributed by atoms with Gasteiger partial charge in [-0.15, -0.1) is 0 Å². The number of para-hydroxylation sites is 1. The summed E-state index contributed by atoms with van der Waals surface area (Å²) in [7, 11) is 0. The number of ether oxygens (including phenoxy) is 2. The first-order chi connectivity index (χ1) is 9.81. The second-order valence-electron chi connectivity index (χ2n) is 5.09. The van der Waals surface area contributed by atoms with Crippen LogP contribution in [0.25, 0.3) is 0 Å². The van der Waals surface area contributed by atoms with E-state index in [4.69, 9.17) is 9.47 Å². The summed E-state index contributed by atoms with van der Waals surface area (Å²) in [4.78, 5) is 0. The first-order valence-electron chi connectivity index (χ1n) is 6.99. The van der Waals surface area contributed by atoms with Crippen molar-refractivity contribution >= 4 is 0 Å². The predicted octanol–water partition coefficient (Wildman–Crippen LogP) is 3.53. The number of nitrogens with one attached hydrogen (secondary N) is 1. The van der Waals surface area contributed by atoms with Crippen LogP contribution in [0.4, 0.5) is 0 Å². The van der Waals surface area contributed by atoms with Gasteiger partial charge in [0.15, 0.2) is 0 Å². The molecule has 0 aromatic heterocycles. The Morgan fingerprint density at radius 2 is 1.70 bits per heavy atom. The van der Waals surface area contributed by atoms with Gasteiger partial charge in [-0.2, -0.15) is 0 Å². The molecule has 104 valence electrons. The molecule has 1 heterocycles. The summed E-state index contributed by atoms with van der Waals surface area (Å²) in [6.45, 7) is 3.70. The molecule has 3 rings (SSSR count). The fourth-order valence-electron chi connectivity index (χ4n) is 2.29. The summed E-state index contributed by atoms with van der Waals surface area (Å²) in [5, 5.41) is 3.49. The molecule has 1 saturated heterocycles. The Bertz CT molecular complexity index is 531. The molecule has 3 heteroatoms. The number of benzene rings is 2. The second-order valence-corrected chi connectivity index (χ2v) is 5.09. The molecular weight excluding hydrogens is 250 g/mol. The van der Waals surface area contributed by atoms with Crippen LogP contribution in [0.3, 0.4) is 0 Å². The highest BCUT2D eigenvalue weighted by Crippen LogP contribution is 2.24. The smallest absolute Gasteiger partial charge is 0.127 e. The summed E-state index contributed by atoms with van der Waals surface area (Å²) in [5.74, 6) is 1.71. The molecule has 2 aromatic rings. The average molecular weight is 269 g/mol. The first kappa shape index (κ1) is 13.2. The second kappa shape index (κ2) is 6.07. The van der Waals surface area contributed by atoms with Gasteiger partial charge in [0.25, 0.3) is 0 Å². The van der Waals surface area contributed by atoms with Gasteiger partial charge in [0.1, 0.15) is 11.5 Å². The van der Waals surface area contributed by atoms with Crippen LogP contribution in [0.2, 0.25) is 0 Å². The fourth-order valence-corrected chi connectivity index (χ4v) is 2.29. The molecule has 0 amide bonds. The zero-order chi connectivity index (χ0) is 13.8. The van der Waals surface area contributed by atoms with E-state index in [0.717, 1.165) is 24.7 Å². The van der Waals surface area contributed by atoms with Crippen LogP contribution in [0.5, 0.6) is 11.5 Å². The van der Waals surface area contributed by atoms with E-state index in [-0.39, 0.29) is 6.04 Å². The fraction of sp³-hybridized carbons (Fsp3) is 0.294. The molecule has 3 nitrogen and oxygen atoms in total. The Labute approximate surface area is 119 Å². The SMILES string of the molecule is CC1CNC(c2ccc(Oc3ccccc3)cc2)CO1. The molecule has 1 aliphatic heterocycles. The monoisotopic (exact) mass is 269 g/mol. The van der Waals surface area contributed by atoms with E-state index in [2.05, 4.69) is 24.4 Å². The van der Waals surface area contributed by atoms with Gasteiger partial charge < -0.3 is 14.8 Å². The van der Waals surface area contributed by atoms with Crippen molar-refractivity contribution in [3.63, 3.8) is 0 Å². The molecule has 0 aliphatic carbocycles. The zero-order valence-corrected chi connectivity index (χ0v) is 11.6. The molecule has 20 heavy (non-hydrogen) atoms. The lowest BCUT2D eigenvalue weighted by molar-refractivity contribution is 0.0149. The van der Waals surface area contributed by atoms with Crippen molar-refractivity contribution in [1.29, 1.82) is 0 Å². The van der Waals surface area contributed by atoms with E-state index >= 15 is 0 Å². The summed E-state index contributed by atoms with van der Waals surface area (Å²) in [6.07, 6.45) is 0.298. The summed E-state index contributed by atoms with van der Waals surface area (Å²) in [5.41, 5.74) is 1.23. The van der Waals surface area contributed by atoms with E-state index in [1.54, 1.807) is 0 Å². The molecule has 0 radical (unpaired) electrons. The number of hydrogen-bond acceptors (Lipinski definition) is 3. The van der Waals surface area contributed by atoms with Crippen LogP contribution in [0, 0.1) is 0 Å². The summed E-state index contributed by atoms with van der Waals surface area (Å²) >= 11 is 0. The molecule has 0 saturated carbocycles. The van der Waals surface area contributed by atoms with Crippen molar-refractivity contribution in [2.75, 3.05) is 13.2 Å². The van der Waals surface area contributed by atoms with E-state index in [1.807, 2.05) is 42.5 Å². The van der Waals surface area contributed by atoms with Gasteiger partial charge >= 0.3 is 0 Å². The lowest BCUT2D eigenvalue weighted by Gasteiger charge is -2.28.